The molecular formula is C17H8F3IrN2O2. The van der Waals surface area contributed by atoms with E-state index in [0.717, 1.165) is 6.07 Å². The molecule has 0 saturated carbocycles. The maximum atomic E-state index is 13.3. The van der Waals surface area contributed by atoms with E-state index in [2.05, 4.69) is 22.1 Å². The molecule has 0 atom stereocenters. The predicted octanol–water partition coefficient (Wildman–Crippen LogP) is 2.21. The molecule has 0 bridgehead atoms. The van der Waals surface area contributed by atoms with Crippen LogP contribution in [0.15, 0.2) is 48.8 Å². The average Bonchev–Trinajstić information content (AvgIpc) is 2.62. The molecule has 0 saturated heterocycles. The maximum absolute atomic E-state index is 13.3. The molecule has 0 N–H and O–H groups in total. The first-order valence-electron chi connectivity index (χ1n) is 6.51. The van der Waals surface area contributed by atoms with Crippen molar-refractivity contribution in [1.82, 2.24) is 9.97 Å². The molecule has 25 heavy (non-hydrogen) atoms. The standard InChI is InChI=1S/C11H5F3N.C6H4NO2.Ir/c12-8-5-4-7(10(13)11(8)14)9-3-1-2-6-15-9;8-6(9)5-3-1-2-4-7-5;/h1-3,5-6H;1-2,4H,(H,8,9);/q2*-1;+3/p-1. The number of rotatable bonds is 2. The number of benzene rings is 1. The van der Waals surface area contributed by atoms with E-state index in [1.165, 1.54) is 24.5 Å². The Balaban J connectivity index is 0.000000270. The summed E-state index contributed by atoms with van der Waals surface area (Å²) in [6, 6.07) is 13.3. The molecule has 0 aliphatic heterocycles. The molecular weight excluding hydrogens is 513 g/mol. The van der Waals surface area contributed by atoms with Gasteiger partial charge in [-0.3, -0.25) is 13.8 Å². The Morgan fingerprint density at radius 2 is 1.72 bits per heavy atom. The van der Waals surface area contributed by atoms with E-state index < -0.39 is 23.4 Å². The van der Waals surface area contributed by atoms with Gasteiger partial charge in [0.25, 0.3) is 0 Å². The third-order valence-corrected chi connectivity index (χ3v) is 2.69. The number of aromatic nitrogens is 2. The van der Waals surface area contributed by atoms with Gasteiger partial charge in [0, 0.05) is 6.20 Å². The number of carboxylic acid groups (broad SMARTS) is 1. The fourth-order valence-electron chi connectivity index (χ4n) is 1.61. The van der Waals surface area contributed by atoms with Crippen LogP contribution in [0.1, 0.15) is 10.5 Å². The molecule has 0 unspecified atom stereocenters. The number of carbonyl (C=O) groups is 1. The van der Waals surface area contributed by atoms with E-state index in [4.69, 9.17) is 0 Å². The minimum atomic E-state index is -1.51. The van der Waals surface area contributed by atoms with Crippen molar-refractivity contribution < 1.29 is 43.2 Å². The maximum Gasteiger partial charge on any atom is 3.00 e. The molecule has 0 spiro atoms. The smallest absolute Gasteiger partial charge is 0.619 e. The number of hydrogen-bond acceptors (Lipinski definition) is 4. The number of halogens is 3. The van der Waals surface area contributed by atoms with Crippen molar-refractivity contribution in [3.8, 4) is 11.3 Å². The van der Waals surface area contributed by atoms with Gasteiger partial charge < -0.3 is 14.9 Å². The van der Waals surface area contributed by atoms with Crippen LogP contribution in [0.3, 0.4) is 0 Å². The second kappa shape index (κ2) is 9.66. The molecule has 0 amide bonds. The molecule has 128 valence electrons. The van der Waals surface area contributed by atoms with E-state index >= 15 is 0 Å². The minimum Gasteiger partial charge on any atom is -0.619 e. The van der Waals surface area contributed by atoms with Gasteiger partial charge in [-0.15, -0.1) is 18.2 Å². The third kappa shape index (κ3) is 5.48. The van der Waals surface area contributed by atoms with E-state index in [1.54, 1.807) is 18.2 Å². The zero-order chi connectivity index (χ0) is 17.5. The van der Waals surface area contributed by atoms with Gasteiger partial charge in [0.15, 0.2) is 0 Å². The number of carboxylic acids is 1. The van der Waals surface area contributed by atoms with Crippen molar-refractivity contribution in [1.29, 1.82) is 0 Å². The van der Waals surface area contributed by atoms with Crippen molar-refractivity contribution >= 4 is 5.97 Å². The number of nitrogens with zero attached hydrogens (tertiary/aromatic N) is 2. The van der Waals surface area contributed by atoms with E-state index in [0.29, 0.717) is 0 Å². The summed E-state index contributed by atoms with van der Waals surface area (Å²) in [4.78, 5) is 17.3. The molecule has 3 aromatic rings. The van der Waals surface area contributed by atoms with Crippen molar-refractivity contribution in [3.63, 3.8) is 0 Å². The average molecular weight is 521 g/mol. The van der Waals surface area contributed by atoms with Crippen molar-refractivity contribution in [3.05, 3.63) is 84.1 Å². The fourth-order valence-corrected chi connectivity index (χ4v) is 1.61. The van der Waals surface area contributed by atoms with Crippen molar-refractivity contribution in [2.75, 3.05) is 0 Å². The molecule has 0 aliphatic carbocycles. The van der Waals surface area contributed by atoms with Gasteiger partial charge in [0.1, 0.15) is 5.82 Å². The Labute approximate surface area is 154 Å². The Morgan fingerprint density at radius 1 is 1.00 bits per heavy atom. The fraction of sp³-hybridized carbons (Fsp3) is 0. The summed E-state index contributed by atoms with van der Waals surface area (Å²) in [6.45, 7) is 0. The van der Waals surface area contributed by atoms with Gasteiger partial charge in [-0.1, -0.05) is 17.7 Å². The first-order chi connectivity index (χ1) is 11.5. The minimum absolute atomic E-state index is 0. The van der Waals surface area contributed by atoms with E-state index in [9.17, 15) is 23.1 Å². The van der Waals surface area contributed by atoms with Crippen LogP contribution in [0.5, 0.6) is 0 Å². The summed E-state index contributed by atoms with van der Waals surface area (Å²) in [5, 5.41) is 10.00. The van der Waals surface area contributed by atoms with Crippen LogP contribution in [0.25, 0.3) is 11.3 Å². The Bertz CT molecular complexity index is 834. The normalized spacial score (nSPS) is 9.40. The third-order valence-electron chi connectivity index (χ3n) is 2.69. The first-order valence-corrected chi connectivity index (χ1v) is 6.51. The second-order valence-electron chi connectivity index (χ2n) is 4.27. The number of aromatic carboxylic acids is 1. The summed E-state index contributed by atoms with van der Waals surface area (Å²) < 4.78 is 38.7. The molecule has 3 rings (SSSR count). The molecule has 1 aromatic carbocycles. The van der Waals surface area contributed by atoms with E-state index in [1.807, 2.05) is 0 Å². The topological polar surface area (TPSA) is 65.9 Å². The van der Waals surface area contributed by atoms with Crippen LogP contribution in [0, 0.1) is 29.6 Å². The Morgan fingerprint density at radius 3 is 2.24 bits per heavy atom. The summed E-state index contributed by atoms with van der Waals surface area (Å²) in [7, 11) is 0. The van der Waals surface area contributed by atoms with Gasteiger partial charge >= 0.3 is 20.1 Å². The van der Waals surface area contributed by atoms with Crippen LogP contribution in [-0.4, -0.2) is 15.9 Å². The zero-order valence-corrected chi connectivity index (χ0v) is 14.7. The molecule has 8 heteroatoms. The molecule has 2 aromatic heterocycles. The molecule has 2 heterocycles. The van der Waals surface area contributed by atoms with Gasteiger partial charge in [0.05, 0.1) is 11.6 Å². The van der Waals surface area contributed by atoms with E-state index in [-0.39, 0.29) is 37.1 Å². The van der Waals surface area contributed by atoms with Crippen LogP contribution in [0.4, 0.5) is 13.2 Å². The number of hydrogen-bond donors (Lipinski definition) is 0. The van der Waals surface area contributed by atoms with Crippen molar-refractivity contribution in [2.45, 2.75) is 0 Å². The SMILES string of the molecule is Fc1c[c-]c(-c2ccccn2)c(F)c1F.O=C([O-])c1[c-]cccn1.[Ir+3]. The van der Waals surface area contributed by atoms with Crippen LogP contribution in [-0.2, 0) is 20.1 Å². The molecule has 4 nitrogen and oxygen atoms in total. The van der Waals surface area contributed by atoms with Gasteiger partial charge in [0.2, 0.25) is 0 Å². The molecule has 0 fully saturated rings. The van der Waals surface area contributed by atoms with Crippen LogP contribution >= 0.6 is 0 Å². The van der Waals surface area contributed by atoms with Gasteiger partial charge in [-0.05, 0) is 29.6 Å². The van der Waals surface area contributed by atoms with Gasteiger partial charge in [-0.25, -0.2) is 4.39 Å². The molecule has 0 aliphatic rings. The van der Waals surface area contributed by atoms with Crippen LogP contribution < -0.4 is 5.11 Å². The Hall–Kier alpha value is -2.57. The van der Waals surface area contributed by atoms with Crippen LogP contribution in [0.2, 0.25) is 0 Å². The quantitative estimate of drug-likeness (QED) is 0.383. The number of pyridine rings is 2. The predicted molar refractivity (Wildman–Crippen MR) is 75.8 cm³/mol. The van der Waals surface area contributed by atoms with Gasteiger partial charge in [-0.2, -0.15) is 12.1 Å². The number of carbonyl (C=O) groups excluding carboxylic acids is 1. The summed E-state index contributed by atoms with van der Waals surface area (Å²) in [6.07, 6.45) is 2.81. The largest absolute Gasteiger partial charge is 3.00 e. The summed E-state index contributed by atoms with van der Waals surface area (Å²) >= 11 is 0. The zero-order valence-electron chi connectivity index (χ0n) is 12.3. The monoisotopic (exact) mass is 522 g/mol. The Kier molecular flexibility index (Phi) is 7.91. The summed E-state index contributed by atoms with van der Waals surface area (Å²) in [5.74, 6) is -5.33. The summed E-state index contributed by atoms with van der Waals surface area (Å²) in [5.41, 5.74) is -0.110. The second-order valence-corrected chi connectivity index (χ2v) is 4.27. The molecule has 0 radical (unpaired) electrons. The first kappa shape index (κ1) is 20.5. The van der Waals surface area contributed by atoms with Crippen molar-refractivity contribution in [2.24, 2.45) is 0 Å².